The predicted molar refractivity (Wildman–Crippen MR) is 72.2 cm³/mol. The van der Waals surface area contributed by atoms with E-state index in [0.717, 1.165) is 25.8 Å². The van der Waals surface area contributed by atoms with Gasteiger partial charge in [0, 0.05) is 12.1 Å². The first-order chi connectivity index (χ1) is 8.40. The molecule has 2 unspecified atom stereocenters. The van der Waals surface area contributed by atoms with Gasteiger partial charge in [-0.05, 0) is 47.0 Å². The molecule has 4 nitrogen and oxygen atoms in total. The van der Waals surface area contributed by atoms with Crippen molar-refractivity contribution in [3.63, 3.8) is 0 Å². The van der Waals surface area contributed by atoms with Gasteiger partial charge in [0.1, 0.15) is 5.60 Å². The number of alkyl carbamates (subject to hydrolysis) is 1. The molecule has 0 spiro atoms. The van der Waals surface area contributed by atoms with E-state index in [1.165, 1.54) is 0 Å². The second kappa shape index (κ2) is 6.65. The molecule has 4 heteroatoms. The van der Waals surface area contributed by atoms with E-state index in [-0.39, 0.29) is 12.1 Å². The Morgan fingerprint density at radius 3 is 2.61 bits per heavy atom. The van der Waals surface area contributed by atoms with E-state index in [2.05, 4.69) is 22.5 Å². The Hall–Kier alpha value is -1.21. The highest BCUT2D eigenvalue weighted by Gasteiger charge is 2.27. The van der Waals surface area contributed by atoms with Crippen molar-refractivity contribution >= 4 is 6.09 Å². The topological polar surface area (TPSA) is 50.4 Å². The number of nitrogens with one attached hydrogen (secondary N) is 2. The fourth-order valence-electron chi connectivity index (χ4n) is 2.06. The van der Waals surface area contributed by atoms with Crippen LogP contribution >= 0.6 is 0 Å². The Morgan fingerprint density at radius 2 is 2.00 bits per heavy atom. The van der Waals surface area contributed by atoms with Crippen molar-refractivity contribution in [1.29, 1.82) is 0 Å². The third kappa shape index (κ3) is 5.92. The smallest absolute Gasteiger partial charge is 0.407 e. The molecule has 0 aromatic heterocycles. The highest BCUT2D eigenvalue weighted by molar-refractivity contribution is 5.68. The second-order valence-corrected chi connectivity index (χ2v) is 5.66. The van der Waals surface area contributed by atoms with Crippen LogP contribution in [0.3, 0.4) is 0 Å². The van der Waals surface area contributed by atoms with Crippen molar-refractivity contribution in [2.24, 2.45) is 0 Å². The standard InChI is InChI=1S/C14H24N2O2/c1-5-6-9-15-11-7-8-12(10-11)16-13(17)18-14(2,3)4/h11-12,15H,7-10H2,1-4H3,(H,16,17). The molecule has 2 N–H and O–H groups in total. The van der Waals surface area contributed by atoms with Gasteiger partial charge in [0.25, 0.3) is 0 Å². The summed E-state index contributed by atoms with van der Waals surface area (Å²) in [5.41, 5.74) is -0.433. The summed E-state index contributed by atoms with van der Waals surface area (Å²) in [6.07, 6.45) is 2.70. The minimum atomic E-state index is -0.433. The summed E-state index contributed by atoms with van der Waals surface area (Å²) < 4.78 is 5.24. The van der Waals surface area contributed by atoms with E-state index in [9.17, 15) is 4.79 Å². The third-order valence-electron chi connectivity index (χ3n) is 2.81. The van der Waals surface area contributed by atoms with Crippen LogP contribution in [-0.2, 0) is 4.74 Å². The van der Waals surface area contributed by atoms with Gasteiger partial charge in [-0.3, -0.25) is 0 Å². The maximum absolute atomic E-state index is 11.6. The molecule has 0 saturated heterocycles. The van der Waals surface area contributed by atoms with Gasteiger partial charge in [0.05, 0.1) is 6.54 Å². The molecule has 1 aliphatic rings. The lowest BCUT2D eigenvalue weighted by Crippen LogP contribution is -2.39. The molecule has 0 aromatic carbocycles. The fraction of sp³-hybridized carbons (Fsp3) is 0.786. The molecule has 2 atom stereocenters. The quantitative estimate of drug-likeness (QED) is 0.756. The largest absolute Gasteiger partial charge is 0.444 e. The molecule has 0 heterocycles. The van der Waals surface area contributed by atoms with Gasteiger partial charge in [0.2, 0.25) is 0 Å². The molecule has 1 amide bonds. The van der Waals surface area contributed by atoms with Crippen molar-refractivity contribution in [1.82, 2.24) is 10.6 Å². The van der Waals surface area contributed by atoms with Crippen LogP contribution in [0.4, 0.5) is 4.79 Å². The molecule has 1 fully saturated rings. The van der Waals surface area contributed by atoms with Gasteiger partial charge in [-0.25, -0.2) is 4.79 Å². The molecular weight excluding hydrogens is 228 g/mol. The second-order valence-electron chi connectivity index (χ2n) is 5.66. The Balaban J connectivity index is 2.25. The van der Waals surface area contributed by atoms with Crippen molar-refractivity contribution in [2.45, 2.75) is 64.6 Å². The average Bonchev–Trinajstić information content (AvgIpc) is 2.63. The zero-order chi connectivity index (χ0) is 13.6. The molecule has 102 valence electrons. The number of amides is 1. The lowest BCUT2D eigenvalue weighted by atomic mass is 10.2. The molecule has 0 aliphatic heterocycles. The van der Waals surface area contributed by atoms with Crippen molar-refractivity contribution < 1.29 is 9.53 Å². The highest BCUT2D eigenvalue weighted by atomic mass is 16.6. The van der Waals surface area contributed by atoms with Crippen molar-refractivity contribution in [2.75, 3.05) is 6.54 Å². The van der Waals surface area contributed by atoms with E-state index in [1.807, 2.05) is 27.7 Å². The highest BCUT2D eigenvalue weighted by Crippen LogP contribution is 2.19. The van der Waals surface area contributed by atoms with Crippen LogP contribution in [0, 0.1) is 11.8 Å². The van der Waals surface area contributed by atoms with Crippen LogP contribution in [0.2, 0.25) is 0 Å². The van der Waals surface area contributed by atoms with Gasteiger partial charge in [-0.1, -0.05) is 5.92 Å². The van der Waals surface area contributed by atoms with E-state index in [0.29, 0.717) is 6.04 Å². The van der Waals surface area contributed by atoms with Crippen molar-refractivity contribution in [3.05, 3.63) is 0 Å². The lowest BCUT2D eigenvalue weighted by molar-refractivity contribution is 0.0505. The summed E-state index contributed by atoms with van der Waals surface area (Å²) in [5.74, 6) is 5.85. The molecule has 0 aromatic rings. The van der Waals surface area contributed by atoms with Gasteiger partial charge >= 0.3 is 6.09 Å². The monoisotopic (exact) mass is 252 g/mol. The Bertz CT molecular complexity index is 336. The lowest BCUT2D eigenvalue weighted by Gasteiger charge is -2.21. The summed E-state index contributed by atoms with van der Waals surface area (Å²) in [6.45, 7) is 8.17. The number of rotatable bonds is 3. The maximum atomic E-state index is 11.6. The Labute approximate surface area is 110 Å². The number of carbonyl (C=O) groups is 1. The van der Waals surface area contributed by atoms with Gasteiger partial charge in [0.15, 0.2) is 0 Å². The normalized spacial score (nSPS) is 23.1. The summed E-state index contributed by atoms with van der Waals surface area (Å²) in [5, 5.41) is 6.29. The zero-order valence-corrected chi connectivity index (χ0v) is 11.8. The summed E-state index contributed by atoms with van der Waals surface area (Å²) in [7, 11) is 0. The van der Waals surface area contributed by atoms with Crippen LogP contribution in [0.1, 0.15) is 47.0 Å². The summed E-state index contributed by atoms with van der Waals surface area (Å²) in [4.78, 5) is 11.6. The fourth-order valence-corrected chi connectivity index (χ4v) is 2.06. The Morgan fingerprint density at radius 1 is 1.33 bits per heavy atom. The van der Waals surface area contributed by atoms with Crippen molar-refractivity contribution in [3.8, 4) is 11.8 Å². The van der Waals surface area contributed by atoms with E-state index >= 15 is 0 Å². The van der Waals surface area contributed by atoms with E-state index in [1.54, 1.807) is 0 Å². The van der Waals surface area contributed by atoms with Gasteiger partial charge in [-0.15, -0.1) is 5.92 Å². The molecule has 1 rings (SSSR count). The molecular formula is C14H24N2O2. The minimum absolute atomic E-state index is 0.215. The van der Waals surface area contributed by atoms with Crippen LogP contribution in [0.5, 0.6) is 0 Å². The van der Waals surface area contributed by atoms with Crippen LogP contribution < -0.4 is 10.6 Å². The number of hydrogen-bond acceptors (Lipinski definition) is 3. The Kier molecular flexibility index (Phi) is 5.49. The zero-order valence-electron chi connectivity index (χ0n) is 11.8. The van der Waals surface area contributed by atoms with Gasteiger partial charge in [-0.2, -0.15) is 0 Å². The number of ether oxygens (including phenoxy) is 1. The minimum Gasteiger partial charge on any atom is -0.444 e. The maximum Gasteiger partial charge on any atom is 0.407 e. The third-order valence-corrected chi connectivity index (χ3v) is 2.81. The SMILES string of the molecule is CC#CCNC1CCC(NC(=O)OC(C)(C)C)C1. The van der Waals surface area contributed by atoms with Crippen LogP contribution in [0.15, 0.2) is 0 Å². The molecule has 0 bridgehead atoms. The first-order valence-corrected chi connectivity index (χ1v) is 6.53. The molecule has 18 heavy (non-hydrogen) atoms. The summed E-state index contributed by atoms with van der Waals surface area (Å²) in [6, 6.07) is 0.665. The van der Waals surface area contributed by atoms with Crippen LogP contribution in [0.25, 0.3) is 0 Å². The number of hydrogen-bond donors (Lipinski definition) is 2. The van der Waals surface area contributed by atoms with Crippen LogP contribution in [-0.4, -0.2) is 30.3 Å². The summed E-state index contributed by atoms with van der Waals surface area (Å²) >= 11 is 0. The van der Waals surface area contributed by atoms with E-state index in [4.69, 9.17) is 4.74 Å². The van der Waals surface area contributed by atoms with Gasteiger partial charge < -0.3 is 15.4 Å². The molecule has 0 radical (unpaired) electrons. The van der Waals surface area contributed by atoms with E-state index < -0.39 is 5.60 Å². The first kappa shape index (κ1) is 14.8. The average molecular weight is 252 g/mol. The predicted octanol–water partition coefficient (Wildman–Crippen LogP) is 2.05. The molecule has 1 saturated carbocycles. The molecule has 1 aliphatic carbocycles. The number of carbonyl (C=O) groups excluding carboxylic acids is 1. The first-order valence-electron chi connectivity index (χ1n) is 6.53.